The minimum absolute atomic E-state index is 0. The predicted octanol–water partition coefficient (Wildman–Crippen LogP) is 3.17. The number of halogens is 4. The molecule has 0 saturated carbocycles. The first-order valence-electron chi connectivity index (χ1n) is 1.13. The lowest BCUT2D eigenvalue weighted by molar-refractivity contribution is 0.725. The van der Waals surface area contributed by atoms with Crippen molar-refractivity contribution < 1.29 is 4.39 Å². The lowest BCUT2D eigenvalue weighted by atomic mass is 11.2. The van der Waals surface area contributed by atoms with Crippen LogP contribution in [0.4, 0.5) is 4.39 Å². The summed E-state index contributed by atoms with van der Waals surface area (Å²) in [7, 11) is 0. The molecule has 8 heavy (non-hydrogen) atoms. The van der Waals surface area contributed by atoms with E-state index in [1.165, 1.54) is 0 Å². The predicted molar refractivity (Wildman–Crippen MR) is 44.3 cm³/mol. The standard InChI is InChI=1S/C2H3F.C2H4.3ClH/c1-2-3;1-2;;;/h2H,1H2;1-2H2;3*1H. The summed E-state index contributed by atoms with van der Waals surface area (Å²) in [6.45, 7) is 8.69. The number of hydrogen-bond acceptors (Lipinski definition) is 0. The molecular formula is C4H10Cl3F. The highest BCUT2D eigenvalue weighted by Gasteiger charge is 1.19. The van der Waals surface area contributed by atoms with Gasteiger partial charge in [0, 0.05) is 0 Å². The first-order chi connectivity index (χ1) is 2.41. The molecular weight excluding hydrogens is 173 g/mol. The molecule has 0 amide bonds. The Labute approximate surface area is 68.1 Å². The van der Waals surface area contributed by atoms with Crippen LogP contribution in [0.5, 0.6) is 0 Å². The summed E-state index contributed by atoms with van der Waals surface area (Å²) in [6.07, 6.45) is 0.250. The normalized spacial score (nSPS) is 2.12. The number of rotatable bonds is 0. The molecule has 0 aliphatic carbocycles. The summed E-state index contributed by atoms with van der Waals surface area (Å²) in [5, 5.41) is 0. The Bertz CT molecular complexity index is 25.2. The lowest BCUT2D eigenvalue weighted by Gasteiger charge is -1.28. The second kappa shape index (κ2) is 175. The molecule has 0 spiro atoms. The fourth-order valence-corrected chi connectivity index (χ4v) is 0. The molecule has 0 saturated heterocycles. The maximum absolute atomic E-state index is 10.1. The van der Waals surface area contributed by atoms with Crippen LogP contribution in [0, 0.1) is 0 Å². The average Bonchev–Trinajstić information content (AvgIpc) is 1.46. The Morgan fingerprint density at radius 2 is 1.00 bits per heavy atom. The van der Waals surface area contributed by atoms with Crippen molar-refractivity contribution in [3.63, 3.8) is 0 Å². The zero-order valence-electron chi connectivity index (χ0n) is 4.30. The van der Waals surface area contributed by atoms with Gasteiger partial charge in [-0.2, -0.15) is 0 Å². The summed E-state index contributed by atoms with van der Waals surface area (Å²) in [5.74, 6) is 0. The van der Waals surface area contributed by atoms with E-state index in [-0.39, 0.29) is 43.6 Å². The largest absolute Gasteiger partial charge is 0.216 e. The van der Waals surface area contributed by atoms with Gasteiger partial charge in [-0.1, -0.05) is 6.58 Å². The molecule has 0 radical (unpaired) electrons. The Balaban J connectivity index is -0.00000000567. The summed E-state index contributed by atoms with van der Waals surface area (Å²) >= 11 is 0. The van der Waals surface area contributed by atoms with Gasteiger partial charge in [0.2, 0.25) is 0 Å². The van der Waals surface area contributed by atoms with Gasteiger partial charge in [-0.05, 0) is 0 Å². The van der Waals surface area contributed by atoms with Gasteiger partial charge in [0.15, 0.2) is 0 Å². The molecule has 54 valence electrons. The van der Waals surface area contributed by atoms with E-state index in [0.717, 1.165) is 0 Å². The van der Waals surface area contributed by atoms with Crippen molar-refractivity contribution in [3.8, 4) is 0 Å². The van der Waals surface area contributed by atoms with Crippen LogP contribution in [0.2, 0.25) is 0 Å². The third-order valence-corrected chi connectivity index (χ3v) is 0. The van der Waals surface area contributed by atoms with Crippen LogP contribution in [0.15, 0.2) is 26.1 Å². The maximum Gasteiger partial charge on any atom is 0.0795 e. The molecule has 0 bridgehead atoms. The van der Waals surface area contributed by atoms with Crippen LogP contribution in [0.3, 0.4) is 0 Å². The zero-order chi connectivity index (χ0) is 4.71. The van der Waals surface area contributed by atoms with Crippen molar-refractivity contribution in [2.24, 2.45) is 0 Å². The Kier molecular flexibility index (Phi) is 893. The molecule has 0 aromatic rings. The summed E-state index contributed by atoms with van der Waals surface area (Å²) < 4.78 is 10.1. The SMILES string of the molecule is C=C.C=CF.Cl.Cl.Cl. The van der Waals surface area contributed by atoms with Crippen LogP contribution < -0.4 is 0 Å². The Hall–Kier alpha value is 0.280. The second-order valence-corrected chi connectivity index (χ2v) is 0.154. The molecule has 0 rings (SSSR count). The molecule has 0 aliphatic rings. The summed E-state index contributed by atoms with van der Waals surface area (Å²) in [5.41, 5.74) is 0. The van der Waals surface area contributed by atoms with E-state index < -0.39 is 0 Å². The van der Waals surface area contributed by atoms with Gasteiger partial charge in [-0.15, -0.1) is 50.4 Å². The first kappa shape index (κ1) is 40.8. The monoisotopic (exact) mass is 182 g/mol. The molecule has 0 aromatic heterocycles. The van der Waals surface area contributed by atoms with Gasteiger partial charge in [-0.3, -0.25) is 0 Å². The highest BCUT2D eigenvalue weighted by Crippen LogP contribution is 1.48. The molecule has 0 nitrogen and oxygen atoms in total. The van der Waals surface area contributed by atoms with Gasteiger partial charge in [0.05, 0.1) is 6.33 Å². The molecule has 0 fully saturated rings. The van der Waals surface area contributed by atoms with Crippen LogP contribution in [-0.2, 0) is 0 Å². The molecule has 0 N–H and O–H groups in total. The third-order valence-electron chi connectivity index (χ3n) is 0. The molecule has 0 heterocycles. The van der Waals surface area contributed by atoms with Crippen LogP contribution in [0.1, 0.15) is 0 Å². The van der Waals surface area contributed by atoms with Gasteiger partial charge in [0.1, 0.15) is 0 Å². The quantitative estimate of drug-likeness (QED) is 0.506. The van der Waals surface area contributed by atoms with Crippen molar-refractivity contribution in [1.29, 1.82) is 0 Å². The summed E-state index contributed by atoms with van der Waals surface area (Å²) in [6, 6.07) is 0. The molecule has 4 heteroatoms. The molecule has 0 aliphatic heterocycles. The third kappa shape index (κ3) is 2230. The van der Waals surface area contributed by atoms with Gasteiger partial charge < -0.3 is 0 Å². The topological polar surface area (TPSA) is 0 Å². The van der Waals surface area contributed by atoms with E-state index in [0.29, 0.717) is 0 Å². The van der Waals surface area contributed by atoms with Gasteiger partial charge in [-0.25, -0.2) is 4.39 Å². The lowest BCUT2D eigenvalue weighted by Crippen LogP contribution is -0.990. The van der Waals surface area contributed by atoms with E-state index in [9.17, 15) is 4.39 Å². The van der Waals surface area contributed by atoms with Crippen molar-refractivity contribution in [2.75, 3.05) is 0 Å². The van der Waals surface area contributed by atoms with Crippen molar-refractivity contribution in [1.82, 2.24) is 0 Å². The minimum Gasteiger partial charge on any atom is -0.216 e. The maximum atomic E-state index is 10.1. The summed E-state index contributed by atoms with van der Waals surface area (Å²) in [4.78, 5) is 0. The van der Waals surface area contributed by atoms with Crippen LogP contribution in [0.25, 0.3) is 0 Å². The fourth-order valence-electron chi connectivity index (χ4n) is 0. The fraction of sp³-hybridized carbons (Fsp3) is 0. The molecule has 0 unspecified atom stereocenters. The average molecular weight is 183 g/mol. The van der Waals surface area contributed by atoms with E-state index in [2.05, 4.69) is 19.7 Å². The van der Waals surface area contributed by atoms with E-state index in [1.807, 2.05) is 0 Å². The van der Waals surface area contributed by atoms with Gasteiger partial charge in [0.25, 0.3) is 0 Å². The van der Waals surface area contributed by atoms with Crippen molar-refractivity contribution >= 4 is 37.2 Å². The van der Waals surface area contributed by atoms with Crippen molar-refractivity contribution in [3.05, 3.63) is 26.1 Å². The van der Waals surface area contributed by atoms with Gasteiger partial charge >= 0.3 is 0 Å². The second-order valence-electron chi connectivity index (χ2n) is 0.154. The number of hydrogen-bond donors (Lipinski definition) is 0. The van der Waals surface area contributed by atoms with E-state index >= 15 is 0 Å². The molecule has 0 aromatic carbocycles. The minimum atomic E-state index is 0. The highest BCUT2D eigenvalue weighted by atomic mass is 35.5. The van der Waals surface area contributed by atoms with Crippen LogP contribution >= 0.6 is 37.2 Å². The van der Waals surface area contributed by atoms with Crippen molar-refractivity contribution in [2.45, 2.75) is 0 Å². The first-order valence-corrected chi connectivity index (χ1v) is 1.13. The van der Waals surface area contributed by atoms with E-state index in [4.69, 9.17) is 0 Å². The highest BCUT2D eigenvalue weighted by molar-refractivity contribution is 5.86. The van der Waals surface area contributed by atoms with Crippen LogP contribution in [-0.4, -0.2) is 0 Å². The van der Waals surface area contributed by atoms with E-state index in [1.54, 1.807) is 0 Å². The molecule has 0 atom stereocenters. The Morgan fingerprint density at radius 3 is 1.00 bits per heavy atom. The Morgan fingerprint density at radius 1 is 1.00 bits per heavy atom. The zero-order valence-corrected chi connectivity index (χ0v) is 6.75. The smallest absolute Gasteiger partial charge is 0.0795 e.